The standard InChI is InChI=1S/C20H23ClN4O3/c21-16-5-1-4-8-19(16)28-13-15(26)11-22-9-10-23-20(27)12-25-14-24-17-6-2-3-7-18(17)25/h1-8,14-15,22,26H,9-13H2,(H,23,27). The first-order chi connectivity index (χ1) is 13.6. The lowest BCUT2D eigenvalue weighted by molar-refractivity contribution is -0.121. The Morgan fingerprint density at radius 3 is 2.82 bits per heavy atom. The average Bonchev–Trinajstić information content (AvgIpc) is 3.10. The topological polar surface area (TPSA) is 88.4 Å². The lowest BCUT2D eigenvalue weighted by Gasteiger charge is -2.14. The van der Waals surface area contributed by atoms with Crippen molar-refractivity contribution in [2.45, 2.75) is 12.6 Å². The van der Waals surface area contributed by atoms with Crippen molar-refractivity contribution >= 4 is 28.5 Å². The lowest BCUT2D eigenvalue weighted by Crippen LogP contribution is -2.37. The Bertz CT molecular complexity index is 915. The summed E-state index contributed by atoms with van der Waals surface area (Å²) in [5.41, 5.74) is 1.79. The molecule has 1 unspecified atom stereocenters. The molecule has 2 aromatic carbocycles. The van der Waals surface area contributed by atoms with Crippen molar-refractivity contribution in [1.29, 1.82) is 0 Å². The summed E-state index contributed by atoms with van der Waals surface area (Å²) >= 11 is 6.00. The number of aliphatic hydroxyl groups excluding tert-OH is 1. The van der Waals surface area contributed by atoms with E-state index in [0.29, 0.717) is 30.4 Å². The predicted octanol–water partition coefficient (Wildman–Crippen LogP) is 1.84. The highest BCUT2D eigenvalue weighted by atomic mass is 35.5. The minimum atomic E-state index is -0.677. The summed E-state index contributed by atoms with van der Waals surface area (Å²) in [6.45, 7) is 1.71. The van der Waals surface area contributed by atoms with Crippen molar-refractivity contribution in [3.05, 3.63) is 59.9 Å². The van der Waals surface area contributed by atoms with Gasteiger partial charge in [-0.1, -0.05) is 35.9 Å². The van der Waals surface area contributed by atoms with Crippen LogP contribution in [0.3, 0.4) is 0 Å². The van der Waals surface area contributed by atoms with Gasteiger partial charge in [-0.2, -0.15) is 0 Å². The van der Waals surface area contributed by atoms with Gasteiger partial charge in [-0.3, -0.25) is 4.79 Å². The van der Waals surface area contributed by atoms with Gasteiger partial charge in [-0.15, -0.1) is 0 Å². The van der Waals surface area contributed by atoms with E-state index in [9.17, 15) is 9.90 Å². The van der Waals surface area contributed by atoms with Crippen molar-refractivity contribution in [3.8, 4) is 5.75 Å². The van der Waals surface area contributed by atoms with Crippen LogP contribution in [0.2, 0.25) is 5.02 Å². The Kier molecular flexibility index (Phi) is 7.25. The van der Waals surface area contributed by atoms with E-state index < -0.39 is 6.10 Å². The van der Waals surface area contributed by atoms with Gasteiger partial charge in [0.05, 0.1) is 22.4 Å². The number of benzene rings is 2. The van der Waals surface area contributed by atoms with Gasteiger partial charge in [0.15, 0.2) is 0 Å². The minimum Gasteiger partial charge on any atom is -0.489 e. The summed E-state index contributed by atoms with van der Waals surface area (Å²) in [5.74, 6) is 0.454. The molecule has 0 saturated heterocycles. The van der Waals surface area contributed by atoms with Crippen LogP contribution < -0.4 is 15.4 Å². The van der Waals surface area contributed by atoms with E-state index in [1.807, 2.05) is 41.0 Å². The second-order valence-electron chi connectivity index (χ2n) is 6.31. The molecule has 1 atom stereocenters. The molecule has 3 rings (SSSR count). The molecule has 1 amide bonds. The third-order valence-electron chi connectivity index (χ3n) is 4.11. The fourth-order valence-corrected chi connectivity index (χ4v) is 2.90. The van der Waals surface area contributed by atoms with Crippen LogP contribution in [0.4, 0.5) is 0 Å². The molecule has 3 N–H and O–H groups in total. The number of aliphatic hydroxyl groups is 1. The summed E-state index contributed by atoms with van der Waals surface area (Å²) in [5, 5.41) is 16.4. The minimum absolute atomic E-state index is 0.0902. The Balaban J connectivity index is 1.30. The number of halogens is 1. The first kappa shape index (κ1) is 20.1. The third-order valence-corrected chi connectivity index (χ3v) is 4.43. The SMILES string of the molecule is O=C(Cn1cnc2ccccc21)NCCNCC(O)COc1ccccc1Cl. The molecule has 7 nitrogen and oxygen atoms in total. The Morgan fingerprint density at radius 2 is 1.96 bits per heavy atom. The number of hydrogen-bond acceptors (Lipinski definition) is 5. The maximum atomic E-state index is 12.1. The van der Waals surface area contributed by atoms with E-state index in [4.69, 9.17) is 16.3 Å². The number of amides is 1. The molecule has 28 heavy (non-hydrogen) atoms. The maximum Gasteiger partial charge on any atom is 0.240 e. The predicted molar refractivity (Wildman–Crippen MR) is 109 cm³/mol. The fraction of sp³-hybridized carbons (Fsp3) is 0.300. The highest BCUT2D eigenvalue weighted by molar-refractivity contribution is 6.32. The smallest absolute Gasteiger partial charge is 0.240 e. The maximum absolute atomic E-state index is 12.1. The molecule has 0 aliphatic heterocycles. The van der Waals surface area contributed by atoms with Gasteiger partial charge >= 0.3 is 0 Å². The van der Waals surface area contributed by atoms with E-state index in [-0.39, 0.29) is 19.1 Å². The van der Waals surface area contributed by atoms with Crippen LogP contribution in [0.1, 0.15) is 0 Å². The molecule has 0 spiro atoms. The molecule has 0 bridgehead atoms. The van der Waals surface area contributed by atoms with Gasteiger partial charge in [0.1, 0.15) is 25.0 Å². The molecular formula is C20H23ClN4O3. The second kappa shape index (κ2) is 10.1. The molecule has 1 heterocycles. The van der Waals surface area contributed by atoms with E-state index in [1.54, 1.807) is 18.5 Å². The molecular weight excluding hydrogens is 380 g/mol. The fourth-order valence-electron chi connectivity index (χ4n) is 2.71. The molecule has 0 saturated carbocycles. The normalized spacial score (nSPS) is 12.1. The number of aromatic nitrogens is 2. The first-order valence-corrected chi connectivity index (χ1v) is 9.44. The van der Waals surface area contributed by atoms with Crippen LogP contribution in [-0.2, 0) is 11.3 Å². The lowest BCUT2D eigenvalue weighted by atomic mass is 10.3. The van der Waals surface area contributed by atoms with Crippen molar-refractivity contribution in [1.82, 2.24) is 20.2 Å². The van der Waals surface area contributed by atoms with E-state index in [0.717, 1.165) is 11.0 Å². The molecule has 0 aliphatic carbocycles. The van der Waals surface area contributed by atoms with Crippen molar-refractivity contribution in [3.63, 3.8) is 0 Å². The summed E-state index contributed by atoms with van der Waals surface area (Å²) in [7, 11) is 0. The third kappa shape index (κ3) is 5.69. The number of nitrogens with zero attached hydrogens (tertiary/aromatic N) is 2. The van der Waals surface area contributed by atoms with Crippen LogP contribution in [0.25, 0.3) is 11.0 Å². The number of fused-ring (bicyclic) bond motifs is 1. The quantitative estimate of drug-likeness (QED) is 0.450. The Hall–Kier alpha value is -2.61. The zero-order chi connectivity index (χ0) is 19.8. The van der Waals surface area contributed by atoms with Crippen LogP contribution >= 0.6 is 11.6 Å². The molecule has 0 fully saturated rings. The highest BCUT2D eigenvalue weighted by Gasteiger charge is 2.08. The van der Waals surface area contributed by atoms with Gasteiger partial charge in [-0.05, 0) is 24.3 Å². The Morgan fingerprint density at radius 1 is 1.18 bits per heavy atom. The van der Waals surface area contributed by atoms with Gasteiger partial charge in [-0.25, -0.2) is 4.98 Å². The number of para-hydroxylation sites is 3. The molecule has 0 radical (unpaired) electrons. The number of imidazole rings is 1. The van der Waals surface area contributed by atoms with Crippen LogP contribution in [-0.4, -0.2) is 52.9 Å². The Labute approximate surface area is 168 Å². The monoisotopic (exact) mass is 402 g/mol. The van der Waals surface area contributed by atoms with Crippen molar-refractivity contribution in [2.24, 2.45) is 0 Å². The largest absolute Gasteiger partial charge is 0.489 e. The van der Waals surface area contributed by atoms with Gasteiger partial charge in [0.2, 0.25) is 5.91 Å². The van der Waals surface area contributed by atoms with Crippen LogP contribution in [0.15, 0.2) is 54.9 Å². The number of hydrogen-bond donors (Lipinski definition) is 3. The van der Waals surface area contributed by atoms with E-state index in [1.165, 1.54) is 0 Å². The molecule has 3 aromatic rings. The number of carbonyl (C=O) groups is 1. The average molecular weight is 403 g/mol. The summed E-state index contributed by atoms with van der Waals surface area (Å²) in [6, 6.07) is 14.8. The molecule has 8 heteroatoms. The zero-order valence-corrected chi connectivity index (χ0v) is 16.1. The van der Waals surface area contributed by atoms with E-state index >= 15 is 0 Å². The zero-order valence-electron chi connectivity index (χ0n) is 15.3. The number of nitrogens with one attached hydrogen (secondary N) is 2. The van der Waals surface area contributed by atoms with Crippen LogP contribution in [0.5, 0.6) is 5.75 Å². The molecule has 148 valence electrons. The van der Waals surface area contributed by atoms with Crippen molar-refractivity contribution in [2.75, 3.05) is 26.2 Å². The summed E-state index contributed by atoms with van der Waals surface area (Å²) in [6.07, 6.45) is 0.988. The molecule has 1 aromatic heterocycles. The number of rotatable bonds is 10. The van der Waals surface area contributed by atoms with Crippen LogP contribution in [0, 0.1) is 0 Å². The van der Waals surface area contributed by atoms with Gasteiger partial charge in [0, 0.05) is 19.6 Å². The first-order valence-electron chi connectivity index (χ1n) is 9.06. The highest BCUT2D eigenvalue weighted by Crippen LogP contribution is 2.23. The summed E-state index contributed by atoms with van der Waals surface area (Å²) in [4.78, 5) is 16.3. The van der Waals surface area contributed by atoms with E-state index in [2.05, 4.69) is 15.6 Å². The number of carbonyl (C=O) groups excluding carboxylic acids is 1. The summed E-state index contributed by atoms with van der Waals surface area (Å²) < 4.78 is 7.30. The number of ether oxygens (including phenoxy) is 1. The second-order valence-corrected chi connectivity index (χ2v) is 6.72. The van der Waals surface area contributed by atoms with Gasteiger partial charge in [0.25, 0.3) is 0 Å². The van der Waals surface area contributed by atoms with Crippen molar-refractivity contribution < 1.29 is 14.6 Å². The molecule has 0 aliphatic rings. The van der Waals surface area contributed by atoms with Gasteiger partial charge < -0.3 is 25.0 Å².